The molecule has 158 valence electrons. The van der Waals surface area contributed by atoms with E-state index in [1.165, 1.54) is 0 Å². The summed E-state index contributed by atoms with van der Waals surface area (Å²) < 4.78 is 0. The van der Waals surface area contributed by atoms with Crippen molar-refractivity contribution in [2.24, 2.45) is 5.92 Å². The van der Waals surface area contributed by atoms with Gasteiger partial charge in [0.2, 0.25) is 11.8 Å². The van der Waals surface area contributed by atoms with Gasteiger partial charge in [-0.05, 0) is 43.2 Å². The van der Waals surface area contributed by atoms with Gasteiger partial charge in [-0.3, -0.25) is 14.6 Å². The lowest BCUT2D eigenvalue weighted by Crippen LogP contribution is -2.37. The number of carbonyl (C=O) groups excluding carboxylic acids is 2. The Hall–Kier alpha value is -3.47. The van der Waals surface area contributed by atoms with Crippen molar-refractivity contribution in [3.63, 3.8) is 0 Å². The Morgan fingerprint density at radius 3 is 2.45 bits per heavy atom. The number of hydrogen-bond acceptors (Lipinski definition) is 3. The number of amides is 2. The van der Waals surface area contributed by atoms with E-state index in [2.05, 4.69) is 4.98 Å². The van der Waals surface area contributed by atoms with Crippen LogP contribution in [0.1, 0.15) is 28.9 Å². The summed E-state index contributed by atoms with van der Waals surface area (Å²) in [5.41, 5.74) is 4.76. The van der Waals surface area contributed by atoms with Crippen molar-refractivity contribution in [1.82, 2.24) is 9.88 Å². The zero-order chi connectivity index (χ0) is 21.8. The lowest BCUT2D eigenvalue weighted by molar-refractivity contribution is -0.137. The molecule has 1 aromatic heterocycles. The molecule has 0 unspecified atom stereocenters. The molecule has 0 spiro atoms. The molecule has 0 radical (unpaired) electrons. The van der Waals surface area contributed by atoms with Crippen LogP contribution in [0, 0.1) is 19.8 Å². The van der Waals surface area contributed by atoms with E-state index in [1.54, 1.807) is 4.90 Å². The molecular weight excluding hydrogens is 386 g/mol. The highest BCUT2D eigenvalue weighted by molar-refractivity contribution is 6.00. The molecule has 3 aromatic rings. The van der Waals surface area contributed by atoms with Crippen LogP contribution >= 0.6 is 0 Å². The van der Waals surface area contributed by atoms with Gasteiger partial charge in [0.1, 0.15) is 0 Å². The smallest absolute Gasteiger partial charge is 0.228 e. The second kappa shape index (κ2) is 9.13. The van der Waals surface area contributed by atoms with Crippen LogP contribution in [0.2, 0.25) is 0 Å². The molecule has 0 saturated carbocycles. The van der Waals surface area contributed by atoms with E-state index in [0.29, 0.717) is 19.6 Å². The zero-order valence-corrected chi connectivity index (χ0v) is 18.0. The Bertz CT molecular complexity index is 1080. The molecule has 1 fully saturated rings. The summed E-state index contributed by atoms with van der Waals surface area (Å²) in [6.45, 7) is 5.26. The third-order valence-corrected chi connectivity index (χ3v) is 5.71. The molecule has 1 aliphatic rings. The number of hydrogen-bond donors (Lipinski definition) is 0. The van der Waals surface area contributed by atoms with Crippen LogP contribution in [-0.2, 0) is 22.7 Å². The maximum Gasteiger partial charge on any atom is 0.228 e. The summed E-state index contributed by atoms with van der Waals surface area (Å²) in [5, 5.41) is 0. The van der Waals surface area contributed by atoms with Gasteiger partial charge in [-0.15, -0.1) is 0 Å². The predicted molar refractivity (Wildman–Crippen MR) is 121 cm³/mol. The average molecular weight is 414 g/mol. The maximum absolute atomic E-state index is 13.6. The first-order chi connectivity index (χ1) is 15.0. The first kappa shape index (κ1) is 20.8. The molecule has 0 bridgehead atoms. The third kappa shape index (κ3) is 4.82. The van der Waals surface area contributed by atoms with Gasteiger partial charge in [-0.1, -0.05) is 54.6 Å². The van der Waals surface area contributed by atoms with Crippen molar-refractivity contribution in [1.29, 1.82) is 0 Å². The number of pyridine rings is 1. The highest BCUT2D eigenvalue weighted by Crippen LogP contribution is 2.29. The summed E-state index contributed by atoms with van der Waals surface area (Å²) in [7, 11) is 0. The van der Waals surface area contributed by atoms with Crippen molar-refractivity contribution in [3.05, 3.63) is 95.3 Å². The third-order valence-electron chi connectivity index (χ3n) is 5.71. The molecular formula is C26H27N3O2. The van der Waals surface area contributed by atoms with Gasteiger partial charge in [0.05, 0.1) is 18.2 Å². The van der Waals surface area contributed by atoms with E-state index in [9.17, 15) is 9.59 Å². The van der Waals surface area contributed by atoms with Crippen molar-refractivity contribution in [2.45, 2.75) is 33.4 Å². The van der Waals surface area contributed by atoms with Crippen LogP contribution in [0.4, 0.5) is 5.69 Å². The summed E-state index contributed by atoms with van der Waals surface area (Å²) in [6.07, 6.45) is 0.236. The first-order valence-electron chi connectivity index (χ1n) is 10.6. The molecule has 0 aliphatic carbocycles. The van der Waals surface area contributed by atoms with Crippen LogP contribution in [0.3, 0.4) is 0 Å². The molecule has 4 rings (SSSR count). The van der Waals surface area contributed by atoms with Gasteiger partial charge >= 0.3 is 0 Å². The van der Waals surface area contributed by atoms with Gasteiger partial charge in [0.25, 0.3) is 0 Å². The van der Waals surface area contributed by atoms with Crippen molar-refractivity contribution < 1.29 is 9.59 Å². The zero-order valence-electron chi connectivity index (χ0n) is 18.0. The molecule has 1 aliphatic heterocycles. The number of rotatable bonds is 6. The molecule has 2 aromatic carbocycles. The van der Waals surface area contributed by atoms with Crippen LogP contribution in [0.15, 0.2) is 72.8 Å². The van der Waals surface area contributed by atoms with Crippen molar-refractivity contribution in [2.75, 3.05) is 11.4 Å². The van der Waals surface area contributed by atoms with Crippen LogP contribution in [-0.4, -0.2) is 28.2 Å². The number of aromatic nitrogens is 1. The van der Waals surface area contributed by atoms with Crippen molar-refractivity contribution in [3.8, 4) is 0 Å². The van der Waals surface area contributed by atoms with Gasteiger partial charge in [0.15, 0.2) is 0 Å². The maximum atomic E-state index is 13.6. The molecule has 2 heterocycles. The molecule has 0 N–H and O–H groups in total. The molecule has 5 nitrogen and oxygen atoms in total. The van der Waals surface area contributed by atoms with Crippen LogP contribution in [0.25, 0.3) is 0 Å². The van der Waals surface area contributed by atoms with E-state index >= 15 is 0 Å². The quantitative estimate of drug-likeness (QED) is 0.606. The highest BCUT2D eigenvalue weighted by atomic mass is 16.2. The van der Waals surface area contributed by atoms with Gasteiger partial charge in [-0.2, -0.15) is 0 Å². The lowest BCUT2D eigenvalue weighted by Gasteiger charge is -2.26. The summed E-state index contributed by atoms with van der Waals surface area (Å²) in [6, 6.07) is 23.6. The normalized spacial score (nSPS) is 15.9. The molecule has 1 saturated heterocycles. The van der Waals surface area contributed by atoms with Gasteiger partial charge in [-0.25, -0.2) is 0 Å². The van der Waals surface area contributed by atoms with Gasteiger partial charge in [0, 0.05) is 30.9 Å². The molecule has 2 amide bonds. The second-order valence-electron chi connectivity index (χ2n) is 8.14. The fourth-order valence-corrected chi connectivity index (χ4v) is 4.13. The summed E-state index contributed by atoms with van der Waals surface area (Å²) >= 11 is 0. The highest BCUT2D eigenvalue weighted by Gasteiger charge is 2.37. The van der Waals surface area contributed by atoms with Crippen LogP contribution < -0.4 is 4.90 Å². The Kier molecular flexibility index (Phi) is 6.12. The molecule has 5 heteroatoms. The molecule has 1 atom stereocenters. The second-order valence-corrected chi connectivity index (χ2v) is 8.14. The van der Waals surface area contributed by atoms with E-state index < -0.39 is 0 Å². The summed E-state index contributed by atoms with van der Waals surface area (Å²) in [4.78, 5) is 34.5. The van der Waals surface area contributed by atoms with E-state index in [1.807, 2.05) is 91.5 Å². The Labute approximate surface area is 183 Å². The number of benzene rings is 2. The topological polar surface area (TPSA) is 53.5 Å². The van der Waals surface area contributed by atoms with E-state index in [-0.39, 0.29) is 24.2 Å². The largest absolute Gasteiger partial charge is 0.332 e. The number of aryl methyl sites for hydroxylation is 2. The number of para-hydroxylation sites is 1. The Balaban J connectivity index is 1.56. The Morgan fingerprint density at radius 2 is 1.71 bits per heavy atom. The lowest BCUT2D eigenvalue weighted by atomic mass is 10.1. The number of nitrogens with zero attached hydrogens (tertiary/aromatic N) is 3. The van der Waals surface area contributed by atoms with E-state index in [4.69, 9.17) is 0 Å². The van der Waals surface area contributed by atoms with Crippen LogP contribution in [0.5, 0.6) is 0 Å². The number of carbonyl (C=O) groups is 2. The minimum atomic E-state index is -0.361. The van der Waals surface area contributed by atoms with E-state index in [0.717, 1.165) is 28.2 Å². The average Bonchev–Trinajstić information content (AvgIpc) is 3.15. The predicted octanol–water partition coefficient (Wildman–Crippen LogP) is 4.28. The van der Waals surface area contributed by atoms with Crippen molar-refractivity contribution >= 4 is 17.5 Å². The number of anilines is 1. The summed E-state index contributed by atoms with van der Waals surface area (Å²) in [5.74, 6) is -0.363. The minimum absolute atomic E-state index is 0.000918. The SMILES string of the molecule is Cc1cccc(CN(Cc2ccccc2)C(=O)[C@@H]2CC(=O)N(c3ccccc3C)C2)n1. The monoisotopic (exact) mass is 413 g/mol. The fourth-order valence-electron chi connectivity index (χ4n) is 4.13. The van der Waals surface area contributed by atoms with Gasteiger partial charge < -0.3 is 9.80 Å². The first-order valence-corrected chi connectivity index (χ1v) is 10.6. The standard InChI is InChI=1S/C26H27N3O2/c1-19-9-6-7-14-24(19)29-17-22(15-25(29)30)26(31)28(16-21-11-4-3-5-12-21)18-23-13-8-10-20(2)27-23/h3-14,22H,15-18H2,1-2H3/t22-/m1/s1. The molecule has 31 heavy (non-hydrogen) atoms. The Morgan fingerprint density at radius 1 is 0.968 bits per heavy atom. The minimum Gasteiger partial charge on any atom is -0.332 e. The fraction of sp³-hybridized carbons (Fsp3) is 0.269.